The predicted octanol–water partition coefficient (Wildman–Crippen LogP) is 3.70. The summed E-state index contributed by atoms with van der Waals surface area (Å²) in [4.78, 5) is 81.1. The lowest BCUT2D eigenvalue weighted by molar-refractivity contribution is -0.160. The molecule has 56 heavy (non-hydrogen) atoms. The third-order valence-electron chi connectivity index (χ3n) is 10.5. The first-order valence-electron chi connectivity index (χ1n) is 18.2. The van der Waals surface area contributed by atoms with Crippen LogP contribution in [0, 0.1) is 30.6 Å². The average Bonchev–Trinajstić information content (AvgIpc) is 3.41. The maximum absolute atomic E-state index is 14.3. The zero-order valence-corrected chi connectivity index (χ0v) is 33.0. The molecule has 304 valence electrons. The molecule has 1 aromatic rings. The number of methoxy groups -OCH3 is 1. The highest BCUT2D eigenvalue weighted by Gasteiger charge is 2.53. The molecule has 0 radical (unpaired) electrons. The monoisotopic (exact) mass is 782 g/mol. The zero-order valence-electron chi connectivity index (χ0n) is 33.0. The van der Waals surface area contributed by atoms with E-state index in [0.29, 0.717) is 0 Å². The second kappa shape index (κ2) is 17.2. The van der Waals surface area contributed by atoms with Gasteiger partial charge in [-0.3, -0.25) is 29.3 Å². The number of aliphatic hydroxyl groups is 2. The molecule has 9 atom stereocenters. The second-order valence-corrected chi connectivity index (χ2v) is 14.4. The Bertz CT molecular complexity index is 1930. The number of aromatic hydroxyl groups is 1. The van der Waals surface area contributed by atoms with Gasteiger partial charge in [0, 0.05) is 55.8 Å². The number of ketones is 3. The molecule has 16 heteroatoms. The van der Waals surface area contributed by atoms with E-state index in [1.54, 1.807) is 33.8 Å². The SMILES string of the molecule is CCOC(=O)NC1=C2NC(=O)/C(C)=C\C=C\[C@H](C)[C@H](O)[C@@H](C)[C@@H](O)[C@@H](C)[C@H](OC(C)=O)[C@H](C)[C@@H](OC)/C=C/O[C@@]3(C)Oc4c(C)c(O)c(c(c4C3=O)C1=O)C2=O. The quantitative estimate of drug-likeness (QED) is 0.274. The highest BCUT2D eigenvalue weighted by atomic mass is 16.7. The van der Waals surface area contributed by atoms with Crippen LogP contribution in [0.15, 0.2) is 47.5 Å². The van der Waals surface area contributed by atoms with E-state index >= 15 is 0 Å². The normalized spacial score (nSPS) is 32.0. The Morgan fingerprint density at radius 2 is 1.61 bits per heavy atom. The van der Waals surface area contributed by atoms with Gasteiger partial charge in [-0.1, -0.05) is 45.9 Å². The number of phenols is 1. The van der Waals surface area contributed by atoms with Crippen LogP contribution in [0.25, 0.3) is 0 Å². The molecule has 0 aromatic heterocycles. The molecule has 0 fully saturated rings. The van der Waals surface area contributed by atoms with Gasteiger partial charge in [-0.2, -0.15) is 0 Å². The van der Waals surface area contributed by atoms with Crippen LogP contribution in [0.1, 0.15) is 92.0 Å². The molecule has 4 aliphatic rings. The van der Waals surface area contributed by atoms with Gasteiger partial charge in [0.05, 0.1) is 47.9 Å². The number of phenolic OH excluding ortho intramolecular Hbond substituents is 1. The van der Waals surface area contributed by atoms with Crippen LogP contribution >= 0.6 is 0 Å². The van der Waals surface area contributed by atoms with Crippen molar-refractivity contribution in [2.24, 2.45) is 23.7 Å². The summed E-state index contributed by atoms with van der Waals surface area (Å²) in [6.07, 6.45) is 1.81. The van der Waals surface area contributed by atoms with Crippen molar-refractivity contribution >= 4 is 35.3 Å². The fraction of sp³-hybridized carbons (Fsp3) is 0.500. The van der Waals surface area contributed by atoms with E-state index in [4.69, 9.17) is 23.7 Å². The first kappa shape index (κ1) is 43.4. The van der Waals surface area contributed by atoms with Crippen LogP contribution in [0.2, 0.25) is 0 Å². The van der Waals surface area contributed by atoms with Gasteiger partial charge in [0.15, 0.2) is 0 Å². The van der Waals surface area contributed by atoms with Gasteiger partial charge in [0.1, 0.15) is 29.0 Å². The van der Waals surface area contributed by atoms with E-state index in [1.807, 2.05) is 0 Å². The number of hydrogen-bond donors (Lipinski definition) is 5. The Morgan fingerprint density at radius 1 is 0.946 bits per heavy atom. The van der Waals surface area contributed by atoms with Crippen LogP contribution < -0.4 is 15.4 Å². The molecule has 3 heterocycles. The number of amides is 2. The minimum absolute atomic E-state index is 0.0259. The number of benzene rings is 1. The lowest BCUT2D eigenvalue weighted by Crippen LogP contribution is -2.46. The molecule has 3 aliphatic heterocycles. The molecule has 1 aromatic carbocycles. The van der Waals surface area contributed by atoms with E-state index < -0.39 is 123 Å². The molecule has 5 N–H and O–H groups in total. The van der Waals surface area contributed by atoms with E-state index in [2.05, 4.69) is 10.6 Å². The average molecular weight is 783 g/mol. The molecule has 2 amide bonds. The summed E-state index contributed by atoms with van der Waals surface area (Å²) in [7, 11) is 1.39. The minimum Gasteiger partial charge on any atom is -0.507 e. The summed E-state index contributed by atoms with van der Waals surface area (Å²) in [5, 5.41) is 38.6. The Morgan fingerprint density at radius 3 is 2.21 bits per heavy atom. The van der Waals surface area contributed by atoms with Crippen molar-refractivity contribution < 1.29 is 67.8 Å². The van der Waals surface area contributed by atoms with Crippen molar-refractivity contribution in [2.75, 3.05) is 13.7 Å². The number of fused-ring (bicyclic) bond motifs is 14. The highest BCUT2D eigenvalue weighted by molar-refractivity contribution is 6.33. The third-order valence-corrected chi connectivity index (χ3v) is 10.5. The number of ether oxygens (including phenoxy) is 5. The Hall–Kier alpha value is -5.32. The van der Waals surface area contributed by atoms with Gasteiger partial charge in [-0.05, 0) is 26.8 Å². The summed E-state index contributed by atoms with van der Waals surface area (Å²) >= 11 is 0. The van der Waals surface area contributed by atoms with Gasteiger partial charge >= 0.3 is 17.8 Å². The minimum atomic E-state index is -2.16. The summed E-state index contributed by atoms with van der Waals surface area (Å²) in [6, 6.07) is 0. The van der Waals surface area contributed by atoms with Gasteiger partial charge < -0.3 is 44.3 Å². The lowest BCUT2D eigenvalue weighted by Gasteiger charge is -2.38. The smallest absolute Gasteiger partial charge is 0.411 e. The number of aliphatic hydroxyl groups excluding tert-OH is 2. The van der Waals surface area contributed by atoms with E-state index in [-0.39, 0.29) is 23.5 Å². The van der Waals surface area contributed by atoms with Crippen LogP contribution in [-0.2, 0) is 28.5 Å². The fourth-order valence-corrected chi connectivity index (χ4v) is 7.08. The van der Waals surface area contributed by atoms with Crippen molar-refractivity contribution in [3.8, 4) is 11.5 Å². The number of nitrogens with one attached hydrogen (secondary N) is 2. The Kier molecular flexibility index (Phi) is 13.3. The molecule has 0 unspecified atom stereocenters. The number of Topliss-reactive ketones (excluding diaryl/α,β-unsaturated/α-hetero) is 3. The summed E-state index contributed by atoms with van der Waals surface area (Å²) in [6.45, 7) is 13.4. The Labute approximate surface area is 324 Å². The lowest BCUT2D eigenvalue weighted by atomic mass is 9.78. The van der Waals surface area contributed by atoms with E-state index in [9.17, 15) is 44.1 Å². The van der Waals surface area contributed by atoms with Crippen molar-refractivity contribution in [1.29, 1.82) is 0 Å². The summed E-state index contributed by atoms with van der Waals surface area (Å²) < 4.78 is 28.1. The highest BCUT2D eigenvalue weighted by Crippen LogP contribution is 2.48. The maximum atomic E-state index is 14.3. The number of rotatable bonds is 4. The molecular formula is C40H50N2O14. The molecule has 0 spiro atoms. The number of allylic oxidation sites excluding steroid dienone is 4. The number of hydrogen-bond acceptors (Lipinski definition) is 14. The molecule has 16 nitrogen and oxygen atoms in total. The van der Waals surface area contributed by atoms with Crippen LogP contribution in [0.4, 0.5) is 4.79 Å². The second-order valence-electron chi connectivity index (χ2n) is 14.4. The van der Waals surface area contributed by atoms with E-state index in [0.717, 1.165) is 6.26 Å². The number of carbonyl (C=O) groups is 6. The summed E-state index contributed by atoms with van der Waals surface area (Å²) in [5.41, 5.74) is -3.09. The first-order valence-corrected chi connectivity index (χ1v) is 18.2. The van der Waals surface area contributed by atoms with Crippen LogP contribution in [-0.4, -0.2) is 94.6 Å². The van der Waals surface area contributed by atoms with Crippen LogP contribution in [0.5, 0.6) is 11.5 Å². The Balaban J connectivity index is 1.92. The van der Waals surface area contributed by atoms with Crippen molar-refractivity contribution in [1.82, 2.24) is 10.6 Å². The van der Waals surface area contributed by atoms with Gasteiger partial charge in [0.2, 0.25) is 11.6 Å². The zero-order chi connectivity index (χ0) is 42.0. The summed E-state index contributed by atoms with van der Waals surface area (Å²) in [5.74, 6) is -10.4. The molecule has 0 saturated heterocycles. The first-order chi connectivity index (χ1) is 26.2. The largest absolute Gasteiger partial charge is 0.507 e. The van der Waals surface area contributed by atoms with Crippen molar-refractivity contribution in [3.63, 3.8) is 0 Å². The maximum Gasteiger partial charge on any atom is 0.411 e. The molecule has 1 aliphatic carbocycles. The van der Waals surface area contributed by atoms with Gasteiger partial charge in [-0.25, -0.2) is 4.79 Å². The fourth-order valence-electron chi connectivity index (χ4n) is 7.08. The number of alkyl carbamates (subject to hydrolysis) is 1. The third kappa shape index (κ3) is 8.27. The van der Waals surface area contributed by atoms with Crippen LogP contribution in [0.3, 0.4) is 0 Å². The molecule has 5 rings (SSSR count). The number of carbonyl (C=O) groups excluding carboxylic acids is 6. The van der Waals surface area contributed by atoms with Crippen molar-refractivity contribution in [2.45, 2.75) is 92.5 Å². The van der Waals surface area contributed by atoms with Gasteiger partial charge in [-0.15, -0.1) is 0 Å². The predicted molar refractivity (Wildman–Crippen MR) is 198 cm³/mol. The van der Waals surface area contributed by atoms with Gasteiger partial charge in [0.25, 0.3) is 11.7 Å². The molecule has 5 bridgehead atoms. The van der Waals surface area contributed by atoms with Crippen molar-refractivity contribution in [3.05, 3.63) is 69.8 Å². The molecular weight excluding hydrogens is 732 g/mol. The van der Waals surface area contributed by atoms with E-state index in [1.165, 1.54) is 60.0 Å². The molecule has 0 saturated carbocycles. The number of esters is 1. The topological polar surface area (TPSA) is 233 Å². The standard InChI is InChI=1S/C40H50N2O14/c1-11-53-39(51)42-29-28-34(48)26-25(33(29)47)27-36(22(7)32(26)46)56-40(9,37(27)49)54-16-15-24(52-10)19(4)35(55-23(8)43)21(6)31(45)20(5)30(44)17(2)13-12-14-18(3)38(50)41-28/h12-17,19-21,24,30-31,35,44-46H,11H2,1-10H3,(H,41,50)(H,42,51)/b13-12+,16-15+,18-14-/t17-,19+,20+,21+,24-,30-,31+,35+,40-/m0/s1.